The van der Waals surface area contributed by atoms with Crippen LogP contribution in [-0.4, -0.2) is 29.3 Å². The first-order chi connectivity index (χ1) is 9.22. The molecule has 0 bridgehead atoms. The van der Waals surface area contributed by atoms with Crippen molar-refractivity contribution in [2.75, 3.05) is 6.54 Å². The summed E-state index contributed by atoms with van der Waals surface area (Å²) < 4.78 is 0. The monoisotopic (exact) mass is 261 g/mol. The lowest BCUT2D eigenvalue weighted by Crippen LogP contribution is -2.91. The second-order valence-corrected chi connectivity index (χ2v) is 4.99. The minimum absolute atomic E-state index is 0.0371. The fraction of sp³-hybridized carbons (Fsp3) is 0.467. The Labute approximate surface area is 113 Å². The summed E-state index contributed by atoms with van der Waals surface area (Å²) in [5, 5.41) is 2.01. The second kappa shape index (κ2) is 6.48. The highest BCUT2D eigenvalue weighted by molar-refractivity contribution is 6.04. The van der Waals surface area contributed by atoms with E-state index in [1.54, 1.807) is 0 Å². The molecular weight excluding hydrogens is 240 g/mol. The van der Waals surface area contributed by atoms with Crippen LogP contribution >= 0.6 is 0 Å². The van der Waals surface area contributed by atoms with Crippen LogP contribution in [0.1, 0.15) is 31.7 Å². The van der Waals surface area contributed by atoms with E-state index in [0.29, 0.717) is 13.0 Å². The van der Waals surface area contributed by atoms with E-state index in [9.17, 15) is 9.59 Å². The molecule has 1 aromatic carbocycles. The van der Waals surface area contributed by atoms with Gasteiger partial charge in [0.1, 0.15) is 0 Å². The van der Waals surface area contributed by atoms with Crippen molar-refractivity contribution in [3.63, 3.8) is 0 Å². The molecule has 2 N–H and O–H groups in total. The molecule has 0 aromatic heterocycles. The summed E-state index contributed by atoms with van der Waals surface area (Å²) in [5.74, 6) is -0.0865. The van der Waals surface area contributed by atoms with Crippen LogP contribution in [-0.2, 0) is 16.1 Å². The number of amides is 2. The van der Waals surface area contributed by atoms with Gasteiger partial charge in [0.2, 0.25) is 5.91 Å². The number of unbranched alkanes of at least 4 members (excludes halogenated alkanes) is 1. The Morgan fingerprint density at radius 1 is 1.26 bits per heavy atom. The van der Waals surface area contributed by atoms with Gasteiger partial charge in [-0.15, -0.1) is 0 Å². The SMILES string of the molecule is CCCC[NH2+][C@H]1CC(=O)N(Cc2ccccc2)C1=O. The first-order valence-corrected chi connectivity index (χ1v) is 6.94. The molecule has 1 heterocycles. The van der Waals surface area contributed by atoms with Crippen molar-refractivity contribution >= 4 is 11.8 Å². The normalized spacial score (nSPS) is 19.2. The molecule has 1 saturated heterocycles. The molecule has 0 aliphatic carbocycles. The van der Waals surface area contributed by atoms with Crippen molar-refractivity contribution in [3.05, 3.63) is 35.9 Å². The number of nitrogens with zero attached hydrogens (tertiary/aromatic N) is 1. The largest absolute Gasteiger partial charge is 0.336 e. The first-order valence-electron chi connectivity index (χ1n) is 6.94. The van der Waals surface area contributed by atoms with E-state index in [4.69, 9.17) is 0 Å². The zero-order valence-electron chi connectivity index (χ0n) is 11.3. The molecule has 1 aliphatic heterocycles. The lowest BCUT2D eigenvalue weighted by Gasteiger charge is -2.14. The third-order valence-corrected chi connectivity index (χ3v) is 3.47. The van der Waals surface area contributed by atoms with E-state index in [2.05, 4.69) is 6.92 Å². The quantitative estimate of drug-likeness (QED) is 0.605. The molecule has 1 atom stereocenters. The van der Waals surface area contributed by atoms with Crippen molar-refractivity contribution in [3.8, 4) is 0 Å². The highest BCUT2D eigenvalue weighted by Gasteiger charge is 2.40. The molecule has 19 heavy (non-hydrogen) atoms. The van der Waals surface area contributed by atoms with Gasteiger partial charge >= 0.3 is 0 Å². The summed E-state index contributed by atoms with van der Waals surface area (Å²) in [7, 11) is 0. The fourth-order valence-corrected chi connectivity index (χ4v) is 2.35. The van der Waals surface area contributed by atoms with Crippen LogP contribution in [0.15, 0.2) is 30.3 Å². The van der Waals surface area contributed by atoms with Gasteiger partial charge in [-0.25, -0.2) is 0 Å². The molecule has 0 spiro atoms. The van der Waals surface area contributed by atoms with Gasteiger partial charge in [-0.2, -0.15) is 0 Å². The van der Waals surface area contributed by atoms with Crippen molar-refractivity contribution in [2.45, 2.75) is 38.8 Å². The molecular formula is C15H21N2O2+. The fourth-order valence-electron chi connectivity index (χ4n) is 2.35. The van der Waals surface area contributed by atoms with Gasteiger partial charge < -0.3 is 5.32 Å². The number of quaternary nitrogens is 1. The van der Waals surface area contributed by atoms with E-state index >= 15 is 0 Å². The number of imide groups is 1. The van der Waals surface area contributed by atoms with E-state index < -0.39 is 0 Å². The number of likely N-dealkylation sites (tertiary alicyclic amines) is 1. The smallest absolute Gasteiger partial charge is 0.288 e. The Balaban J connectivity index is 1.95. The van der Waals surface area contributed by atoms with Crippen LogP contribution in [0.3, 0.4) is 0 Å². The molecule has 0 saturated carbocycles. The Morgan fingerprint density at radius 2 is 2.00 bits per heavy atom. The molecule has 4 nitrogen and oxygen atoms in total. The molecule has 1 fully saturated rings. The molecule has 2 rings (SSSR count). The molecule has 1 aromatic rings. The van der Waals surface area contributed by atoms with E-state index in [1.807, 2.05) is 35.6 Å². The van der Waals surface area contributed by atoms with Gasteiger partial charge in [-0.3, -0.25) is 14.5 Å². The minimum atomic E-state index is -0.206. The topological polar surface area (TPSA) is 54.0 Å². The first kappa shape index (κ1) is 13.7. The molecule has 1 aliphatic rings. The molecule has 0 unspecified atom stereocenters. The Hall–Kier alpha value is -1.68. The Morgan fingerprint density at radius 3 is 2.68 bits per heavy atom. The summed E-state index contributed by atoms with van der Waals surface area (Å²) in [5.41, 5.74) is 0.999. The lowest BCUT2D eigenvalue weighted by molar-refractivity contribution is -0.675. The number of benzene rings is 1. The number of hydrogen-bond acceptors (Lipinski definition) is 2. The van der Waals surface area contributed by atoms with Crippen molar-refractivity contribution < 1.29 is 14.9 Å². The number of carbonyl (C=O) groups is 2. The maximum Gasteiger partial charge on any atom is 0.288 e. The summed E-state index contributed by atoms with van der Waals surface area (Å²) in [6.07, 6.45) is 2.53. The lowest BCUT2D eigenvalue weighted by atomic mass is 10.2. The standard InChI is InChI=1S/C15H20N2O2/c1-2-3-9-16-13-10-14(18)17(15(13)19)11-12-7-5-4-6-8-12/h4-8,13,16H,2-3,9-11H2,1H3/p+1/t13-/m0/s1. The van der Waals surface area contributed by atoms with Crippen LogP contribution in [0.4, 0.5) is 0 Å². The van der Waals surface area contributed by atoms with Crippen LogP contribution in [0.25, 0.3) is 0 Å². The van der Waals surface area contributed by atoms with E-state index in [0.717, 1.165) is 24.9 Å². The summed E-state index contributed by atoms with van der Waals surface area (Å²) in [6, 6.07) is 9.45. The maximum absolute atomic E-state index is 12.2. The predicted molar refractivity (Wildman–Crippen MR) is 72.1 cm³/mol. The summed E-state index contributed by atoms with van der Waals surface area (Å²) in [4.78, 5) is 25.5. The van der Waals surface area contributed by atoms with Gasteiger partial charge in [-0.1, -0.05) is 43.7 Å². The molecule has 2 amide bonds. The van der Waals surface area contributed by atoms with Gasteiger partial charge in [-0.05, 0) is 12.0 Å². The van der Waals surface area contributed by atoms with E-state index in [1.165, 1.54) is 4.90 Å². The Bertz CT molecular complexity index is 445. The predicted octanol–water partition coefficient (Wildman–Crippen LogP) is 0.678. The zero-order chi connectivity index (χ0) is 13.7. The van der Waals surface area contributed by atoms with Crippen LogP contribution in [0.2, 0.25) is 0 Å². The highest BCUT2D eigenvalue weighted by Crippen LogP contribution is 2.14. The summed E-state index contributed by atoms with van der Waals surface area (Å²) in [6.45, 7) is 3.44. The van der Waals surface area contributed by atoms with Crippen molar-refractivity contribution in [2.24, 2.45) is 0 Å². The zero-order valence-corrected chi connectivity index (χ0v) is 11.3. The van der Waals surface area contributed by atoms with Gasteiger partial charge in [0.15, 0.2) is 6.04 Å². The average Bonchev–Trinajstić information content (AvgIpc) is 2.68. The van der Waals surface area contributed by atoms with Crippen molar-refractivity contribution in [1.29, 1.82) is 0 Å². The van der Waals surface area contributed by atoms with E-state index in [-0.39, 0.29) is 17.9 Å². The molecule has 102 valence electrons. The molecule has 4 heteroatoms. The van der Waals surface area contributed by atoms with Crippen LogP contribution < -0.4 is 5.32 Å². The Kier molecular flexibility index (Phi) is 4.68. The van der Waals surface area contributed by atoms with Gasteiger partial charge in [0.25, 0.3) is 5.91 Å². The number of carbonyl (C=O) groups excluding carboxylic acids is 2. The number of rotatable bonds is 6. The average molecular weight is 261 g/mol. The minimum Gasteiger partial charge on any atom is -0.336 e. The van der Waals surface area contributed by atoms with Gasteiger partial charge in [0, 0.05) is 0 Å². The highest BCUT2D eigenvalue weighted by atomic mass is 16.2. The van der Waals surface area contributed by atoms with Crippen molar-refractivity contribution in [1.82, 2.24) is 4.90 Å². The van der Waals surface area contributed by atoms with Crippen LogP contribution in [0.5, 0.6) is 0 Å². The third-order valence-electron chi connectivity index (χ3n) is 3.47. The summed E-state index contributed by atoms with van der Waals surface area (Å²) >= 11 is 0. The van der Waals surface area contributed by atoms with Gasteiger partial charge in [0.05, 0.1) is 19.5 Å². The molecule has 0 radical (unpaired) electrons. The van der Waals surface area contributed by atoms with Crippen LogP contribution in [0, 0.1) is 0 Å². The maximum atomic E-state index is 12.2. The number of hydrogen-bond donors (Lipinski definition) is 1. The number of nitrogens with two attached hydrogens (primary N) is 1. The second-order valence-electron chi connectivity index (χ2n) is 4.99. The third kappa shape index (κ3) is 3.41.